The number of carbonyl (C=O) groups excluding carboxylic acids is 2. The summed E-state index contributed by atoms with van der Waals surface area (Å²) in [5.74, 6) is 1.76. The van der Waals surface area contributed by atoms with E-state index >= 15 is 0 Å². The molecule has 31 heavy (non-hydrogen) atoms. The molecule has 1 aromatic rings. The highest BCUT2D eigenvalue weighted by atomic mass is 79.9. The van der Waals surface area contributed by atoms with Crippen molar-refractivity contribution in [3.8, 4) is 0 Å². The molecule has 1 aromatic carbocycles. The zero-order valence-electron chi connectivity index (χ0n) is 17.7. The Hall–Kier alpha value is -1.38. The van der Waals surface area contributed by atoms with E-state index in [0.29, 0.717) is 27.0 Å². The molecule has 8 heteroatoms. The highest BCUT2D eigenvalue weighted by Gasteiger charge is 2.55. The number of hydrogen-bond donors (Lipinski definition) is 1. The first-order valence-electron chi connectivity index (χ1n) is 10.8. The van der Waals surface area contributed by atoms with Gasteiger partial charge >= 0.3 is 0 Å². The van der Waals surface area contributed by atoms with E-state index in [1.54, 1.807) is 0 Å². The lowest BCUT2D eigenvalue weighted by Crippen LogP contribution is -2.57. The van der Waals surface area contributed by atoms with Crippen LogP contribution in [-0.4, -0.2) is 35.2 Å². The molecule has 4 aliphatic carbocycles. The fourth-order valence-corrected chi connectivity index (χ4v) is 8.23. The Morgan fingerprint density at radius 1 is 1.23 bits per heavy atom. The van der Waals surface area contributed by atoms with Crippen molar-refractivity contribution in [2.45, 2.75) is 38.5 Å². The van der Waals surface area contributed by atoms with Gasteiger partial charge in [-0.1, -0.05) is 17.8 Å². The lowest BCUT2D eigenvalue weighted by atomic mass is 9.49. The van der Waals surface area contributed by atoms with E-state index < -0.39 is 0 Å². The Bertz CT molecular complexity index is 971. The Kier molecular flexibility index (Phi) is 5.46. The van der Waals surface area contributed by atoms with Crippen LogP contribution < -0.4 is 10.3 Å². The van der Waals surface area contributed by atoms with Crippen LogP contribution in [0, 0.1) is 23.2 Å². The predicted octanol–water partition coefficient (Wildman–Crippen LogP) is 4.96. The van der Waals surface area contributed by atoms with Gasteiger partial charge in [0.2, 0.25) is 5.91 Å². The van der Waals surface area contributed by atoms with E-state index in [1.807, 2.05) is 43.3 Å². The minimum Gasteiger partial charge on any atom is -0.377 e. The van der Waals surface area contributed by atoms with Crippen LogP contribution in [0.2, 0.25) is 0 Å². The molecule has 6 rings (SSSR count). The fourth-order valence-electron chi connectivity index (χ4n) is 6.30. The molecule has 0 unspecified atom stereocenters. The average Bonchev–Trinajstić information content (AvgIpc) is 2.94. The standard InChI is InChI=1S/C23H26BrN3O2S2/c1-26(2)18-4-3-13(8-17(18)24)9-19-20(28)27(22(30)31-19)25-21(29)23-10-14-5-15(11-23)7-16(6-14)12-23/h3-4,8-9,14-16H,5-7,10-12H2,1-2H3,(H,25,29)/b19-9-. The van der Waals surface area contributed by atoms with Gasteiger partial charge in [0, 0.05) is 18.6 Å². The number of hydrogen-bond acceptors (Lipinski definition) is 5. The third-order valence-corrected chi connectivity index (χ3v) is 9.22. The largest absolute Gasteiger partial charge is 0.377 e. The third kappa shape index (κ3) is 3.85. The van der Waals surface area contributed by atoms with Crippen LogP contribution >= 0.6 is 39.9 Å². The minimum absolute atomic E-state index is 0.0118. The first-order chi connectivity index (χ1) is 14.7. The van der Waals surface area contributed by atoms with Crippen molar-refractivity contribution in [3.63, 3.8) is 0 Å². The molecule has 164 valence electrons. The Balaban J connectivity index is 1.32. The van der Waals surface area contributed by atoms with Crippen LogP contribution in [0.5, 0.6) is 0 Å². The summed E-state index contributed by atoms with van der Waals surface area (Å²) in [5.41, 5.74) is 4.57. The van der Waals surface area contributed by atoms with Crippen LogP contribution in [0.15, 0.2) is 27.6 Å². The number of nitrogens with one attached hydrogen (secondary N) is 1. The van der Waals surface area contributed by atoms with Crippen LogP contribution in [0.1, 0.15) is 44.1 Å². The van der Waals surface area contributed by atoms with Gasteiger partial charge in [0.15, 0.2) is 4.32 Å². The molecule has 0 spiro atoms. The van der Waals surface area contributed by atoms with Gasteiger partial charge in [0.05, 0.1) is 16.0 Å². The lowest BCUT2D eigenvalue weighted by molar-refractivity contribution is -0.152. The van der Waals surface area contributed by atoms with Crippen molar-refractivity contribution in [1.82, 2.24) is 10.4 Å². The minimum atomic E-state index is -0.311. The quantitative estimate of drug-likeness (QED) is 0.449. The Morgan fingerprint density at radius 3 is 2.39 bits per heavy atom. The molecule has 1 aliphatic heterocycles. The number of halogens is 1. The topological polar surface area (TPSA) is 52.6 Å². The maximum absolute atomic E-state index is 13.4. The SMILES string of the molecule is CN(C)c1ccc(/C=C2\SC(=S)N(NC(=O)C34CC5CC(CC(C5)C3)C4)C2=O)cc1Br. The number of hydrazine groups is 1. The second-order valence-corrected chi connectivity index (χ2v) is 12.3. The predicted molar refractivity (Wildman–Crippen MR) is 132 cm³/mol. The molecule has 4 bridgehead atoms. The number of amides is 2. The maximum atomic E-state index is 13.4. The zero-order chi connectivity index (χ0) is 21.9. The molecule has 0 radical (unpaired) electrons. The number of anilines is 1. The average molecular weight is 521 g/mol. The first-order valence-corrected chi connectivity index (χ1v) is 12.8. The van der Waals surface area contributed by atoms with Gasteiger partial charge in [0.25, 0.3) is 5.91 Å². The first kappa shape index (κ1) is 21.5. The van der Waals surface area contributed by atoms with E-state index in [9.17, 15) is 9.59 Å². The number of rotatable bonds is 4. The molecular weight excluding hydrogens is 494 g/mol. The van der Waals surface area contributed by atoms with E-state index in [0.717, 1.165) is 35.0 Å². The van der Waals surface area contributed by atoms with Crippen LogP contribution in [0.3, 0.4) is 0 Å². The van der Waals surface area contributed by atoms with Crippen molar-refractivity contribution in [2.24, 2.45) is 23.2 Å². The van der Waals surface area contributed by atoms with Crippen molar-refractivity contribution < 1.29 is 9.59 Å². The van der Waals surface area contributed by atoms with Gasteiger partial charge in [-0.05, 0) is 108 Å². The molecule has 5 nitrogen and oxygen atoms in total. The highest BCUT2D eigenvalue weighted by Crippen LogP contribution is 2.60. The van der Waals surface area contributed by atoms with Crippen molar-refractivity contribution >= 4 is 67.8 Å². The van der Waals surface area contributed by atoms with E-state index in [4.69, 9.17) is 12.2 Å². The third-order valence-electron chi connectivity index (χ3n) is 7.28. The van der Waals surface area contributed by atoms with Gasteiger partial charge in [0.1, 0.15) is 0 Å². The van der Waals surface area contributed by atoms with Crippen LogP contribution in [0.25, 0.3) is 6.08 Å². The van der Waals surface area contributed by atoms with Gasteiger partial charge < -0.3 is 4.90 Å². The fraction of sp³-hybridized carbons (Fsp3) is 0.522. The number of thioether (sulfide) groups is 1. The second kappa shape index (κ2) is 7.89. The summed E-state index contributed by atoms with van der Waals surface area (Å²) in [5, 5.41) is 1.29. The van der Waals surface area contributed by atoms with Crippen molar-refractivity contribution in [1.29, 1.82) is 0 Å². The molecular formula is C23H26BrN3O2S2. The van der Waals surface area contributed by atoms with Crippen LogP contribution in [0.4, 0.5) is 5.69 Å². The molecule has 0 aromatic heterocycles. The van der Waals surface area contributed by atoms with Gasteiger partial charge in [-0.25, -0.2) is 0 Å². The number of carbonyl (C=O) groups is 2. The molecule has 5 aliphatic rings. The molecule has 1 heterocycles. The highest BCUT2D eigenvalue weighted by molar-refractivity contribution is 9.10. The molecule has 0 atom stereocenters. The van der Waals surface area contributed by atoms with Crippen molar-refractivity contribution in [2.75, 3.05) is 19.0 Å². The summed E-state index contributed by atoms with van der Waals surface area (Å²) in [6, 6.07) is 5.96. The molecule has 1 N–H and O–H groups in total. The summed E-state index contributed by atoms with van der Waals surface area (Å²) >= 11 is 10.3. The summed E-state index contributed by atoms with van der Waals surface area (Å²) in [7, 11) is 3.97. The van der Waals surface area contributed by atoms with Gasteiger partial charge in [-0.2, -0.15) is 5.01 Å². The van der Waals surface area contributed by atoms with Crippen molar-refractivity contribution in [3.05, 3.63) is 33.1 Å². The number of nitrogens with zero attached hydrogens (tertiary/aromatic N) is 2. The van der Waals surface area contributed by atoms with E-state index in [1.165, 1.54) is 36.0 Å². The van der Waals surface area contributed by atoms with E-state index in [2.05, 4.69) is 21.4 Å². The normalized spacial score (nSPS) is 32.8. The second-order valence-electron chi connectivity index (χ2n) is 9.76. The molecule has 2 amide bonds. The van der Waals surface area contributed by atoms with E-state index in [-0.39, 0.29) is 17.2 Å². The Morgan fingerprint density at radius 2 is 1.84 bits per heavy atom. The number of benzene rings is 1. The van der Waals surface area contributed by atoms with Gasteiger partial charge in [-0.15, -0.1) is 0 Å². The summed E-state index contributed by atoms with van der Waals surface area (Å²) in [6.07, 6.45) is 8.54. The number of thiocarbonyl (C=S) groups is 1. The zero-order valence-corrected chi connectivity index (χ0v) is 20.9. The monoisotopic (exact) mass is 519 g/mol. The molecule has 4 saturated carbocycles. The maximum Gasteiger partial charge on any atom is 0.285 e. The summed E-state index contributed by atoms with van der Waals surface area (Å²) in [6.45, 7) is 0. The summed E-state index contributed by atoms with van der Waals surface area (Å²) < 4.78 is 1.34. The molecule has 1 saturated heterocycles. The van der Waals surface area contributed by atoms with Crippen LogP contribution in [-0.2, 0) is 9.59 Å². The Labute approximate surface area is 201 Å². The smallest absolute Gasteiger partial charge is 0.285 e. The summed E-state index contributed by atoms with van der Waals surface area (Å²) in [4.78, 5) is 29.0. The lowest BCUT2D eigenvalue weighted by Gasteiger charge is -2.55. The molecule has 5 fully saturated rings. The van der Waals surface area contributed by atoms with Gasteiger partial charge in [-0.3, -0.25) is 15.0 Å².